The second-order valence-corrected chi connectivity index (χ2v) is 5.82. The maximum absolute atomic E-state index is 6.03. The zero-order chi connectivity index (χ0) is 14.5. The average Bonchev–Trinajstić information content (AvgIpc) is 2.91. The minimum atomic E-state index is 0.274. The van der Waals surface area contributed by atoms with Gasteiger partial charge in [0, 0.05) is 26.7 Å². The number of hydrogen-bond acceptors (Lipinski definition) is 6. The molecule has 0 unspecified atom stereocenters. The molecule has 1 fully saturated rings. The Hall–Kier alpha value is -1.14. The predicted molar refractivity (Wildman–Crippen MR) is 82.7 cm³/mol. The average molecular weight is 299 g/mol. The minimum Gasteiger partial charge on any atom is -0.344 e. The van der Waals surface area contributed by atoms with Gasteiger partial charge in [-0.1, -0.05) is 0 Å². The molecule has 0 aliphatic carbocycles. The van der Waals surface area contributed by atoms with Gasteiger partial charge in [-0.15, -0.1) is 0 Å². The summed E-state index contributed by atoms with van der Waals surface area (Å²) in [5.74, 6) is 1.36. The number of rotatable bonds is 6. The summed E-state index contributed by atoms with van der Waals surface area (Å²) < 4.78 is 0. The van der Waals surface area contributed by atoms with Crippen molar-refractivity contribution in [2.75, 3.05) is 57.1 Å². The molecule has 1 saturated heterocycles. The van der Waals surface area contributed by atoms with Crippen molar-refractivity contribution in [3.63, 3.8) is 0 Å². The standard InChI is InChI=1S/C13H23ClN6/c1-18(2)7-6-8-19(3)12-15-11(14)16-13(17-12)20-9-4-5-10-20/h4-10H2,1-3H3. The SMILES string of the molecule is CN(C)CCCN(C)c1nc(Cl)nc(N2CCCC2)n1. The molecule has 6 nitrogen and oxygen atoms in total. The molecule has 7 heteroatoms. The summed E-state index contributed by atoms with van der Waals surface area (Å²) in [5.41, 5.74) is 0. The van der Waals surface area contributed by atoms with Crippen molar-refractivity contribution in [1.29, 1.82) is 0 Å². The van der Waals surface area contributed by atoms with E-state index in [0.717, 1.165) is 32.6 Å². The molecule has 0 saturated carbocycles. The third kappa shape index (κ3) is 4.18. The molecule has 20 heavy (non-hydrogen) atoms. The number of halogens is 1. The van der Waals surface area contributed by atoms with Crippen LogP contribution in [-0.4, -0.2) is 67.2 Å². The molecule has 0 spiro atoms. The van der Waals surface area contributed by atoms with Crippen LogP contribution in [0.5, 0.6) is 0 Å². The van der Waals surface area contributed by atoms with Crippen molar-refractivity contribution >= 4 is 23.5 Å². The minimum absolute atomic E-state index is 0.274. The fourth-order valence-electron chi connectivity index (χ4n) is 2.28. The Balaban J connectivity index is 2.02. The number of hydrogen-bond donors (Lipinski definition) is 0. The van der Waals surface area contributed by atoms with E-state index in [1.54, 1.807) is 0 Å². The summed E-state index contributed by atoms with van der Waals surface area (Å²) in [6.45, 7) is 3.95. The van der Waals surface area contributed by atoms with Gasteiger partial charge < -0.3 is 14.7 Å². The van der Waals surface area contributed by atoms with Crippen molar-refractivity contribution in [2.24, 2.45) is 0 Å². The van der Waals surface area contributed by atoms with Gasteiger partial charge >= 0.3 is 0 Å². The molecule has 0 N–H and O–H groups in total. The fourth-order valence-corrected chi connectivity index (χ4v) is 2.43. The van der Waals surface area contributed by atoms with Crippen LogP contribution in [0.25, 0.3) is 0 Å². The lowest BCUT2D eigenvalue weighted by Crippen LogP contribution is -2.27. The lowest BCUT2D eigenvalue weighted by molar-refractivity contribution is 0.401. The van der Waals surface area contributed by atoms with Gasteiger partial charge in [0.2, 0.25) is 17.2 Å². The lowest BCUT2D eigenvalue weighted by Gasteiger charge is -2.21. The number of aromatic nitrogens is 3. The quantitative estimate of drug-likeness (QED) is 0.793. The van der Waals surface area contributed by atoms with Gasteiger partial charge in [0.15, 0.2) is 0 Å². The molecule has 0 amide bonds. The van der Waals surface area contributed by atoms with E-state index in [2.05, 4.69) is 38.8 Å². The summed E-state index contributed by atoms with van der Waals surface area (Å²) >= 11 is 6.03. The first-order chi connectivity index (χ1) is 9.56. The predicted octanol–water partition coefficient (Wildman–Crippen LogP) is 1.51. The molecular formula is C13H23ClN6. The van der Waals surface area contributed by atoms with Crippen LogP contribution >= 0.6 is 11.6 Å². The second kappa shape index (κ2) is 7.04. The molecule has 112 valence electrons. The molecule has 0 radical (unpaired) electrons. The van der Waals surface area contributed by atoms with Crippen molar-refractivity contribution in [3.05, 3.63) is 5.28 Å². The molecule has 1 aromatic rings. The van der Waals surface area contributed by atoms with E-state index in [4.69, 9.17) is 11.6 Å². The lowest BCUT2D eigenvalue weighted by atomic mass is 10.4. The van der Waals surface area contributed by atoms with Crippen LogP contribution in [0.1, 0.15) is 19.3 Å². The summed E-state index contributed by atoms with van der Waals surface area (Å²) in [5, 5.41) is 0.274. The van der Waals surface area contributed by atoms with Crippen molar-refractivity contribution < 1.29 is 0 Å². The highest BCUT2D eigenvalue weighted by molar-refractivity contribution is 6.28. The highest BCUT2D eigenvalue weighted by Gasteiger charge is 2.18. The topological polar surface area (TPSA) is 48.4 Å². The van der Waals surface area contributed by atoms with Gasteiger partial charge in [-0.3, -0.25) is 0 Å². The van der Waals surface area contributed by atoms with Crippen molar-refractivity contribution in [2.45, 2.75) is 19.3 Å². The summed E-state index contributed by atoms with van der Waals surface area (Å²) in [4.78, 5) is 19.4. The Kier molecular flexibility index (Phi) is 5.37. The molecular weight excluding hydrogens is 276 g/mol. The van der Waals surface area contributed by atoms with E-state index in [-0.39, 0.29) is 5.28 Å². The van der Waals surface area contributed by atoms with Crippen molar-refractivity contribution in [3.8, 4) is 0 Å². The molecule has 1 aliphatic heterocycles. The van der Waals surface area contributed by atoms with Crippen LogP contribution < -0.4 is 9.80 Å². The van der Waals surface area contributed by atoms with Crippen molar-refractivity contribution in [1.82, 2.24) is 19.9 Å². The van der Waals surface area contributed by atoms with Gasteiger partial charge in [-0.2, -0.15) is 15.0 Å². The van der Waals surface area contributed by atoms with Crippen LogP contribution in [0.4, 0.5) is 11.9 Å². The van der Waals surface area contributed by atoms with E-state index in [1.807, 2.05) is 11.9 Å². The summed E-state index contributed by atoms with van der Waals surface area (Å²) in [6, 6.07) is 0. The largest absolute Gasteiger partial charge is 0.344 e. The highest BCUT2D eigenvalue weighted by Crippen LogP contribution is 2.19. The fraction of sp³-hybridized carbons (Fsp3) is 0.769. The van der Waals surface area contributed by atoms with E-state index in [9.17, 15) is 0 Å². The Labute approximate surface area is 125 Å². The van der Waals surface area contributed by atoms with Crippen LogP contribution in [0.2, 0.25) is 5.28 Å². The van der Waals surface area contributed by atoms with E-state index in [1.165, 1.54) is 12.8 Å². The molecule has 0 aromatic carbocycles. The first-order valence-corrected chi connectivity index (χ1v) is 7.46. The first kappa shape index (κ1) is 15.3. The number of anilines is 2. The van der Waals surface area contributed by atoms with Crippen LogP contribution in [0.3, 0.4) is 0 Å². The highest BCUT2D eigenvalue weighted by atomic mass is 35.5. The van der Waals surface area contributed by atoms with Gasteiger partial charge in [0.05, 0.1) is 0 Å². The Morgan fingerprint density at radius 1 is 1.05 bits per heavy atom. The molecule has 2 rings (SSSR count). The van der Waals surface area contributed by atoms with E-state index < -0.39 is 0 Å². The number of nitrogens with zero attached hydrogens (tertiary/aromatic N) is 6. The van der Waals surface area contributed by atoms with Crippen LogP contribution in [0.15, 0.2) is 0 Å². The first-order valence-electron chi connectivity index (χ1n) is 7.08. The smallest absolute Gasteiger partial charge is 0.231 e. The Morgan fingerprint density at radius 3 is 2.40 bits per heavy atom. The third-order valence-electron chi connectivity index (χ3n) is 3.41. The van der Waals surface area contributed by atoms with Crippen LogP contribution in [0, 0.1) is 0 Å². The monoisotopic (exact) mass is 298 g/mol. The van der Waals surface area contributed by atoms with Gasteiger partial charge in [0.1, 0.15) is 0 Å². The van der Waals surface area contributed by atoms with Gasteiger partial charge in [-0.25, -0.2) is 0 Å². The normalized spacial score (nSPS) is 15.2. The zero-order valence-corrected chi connectivity index (χ0v) is 13.3. The maximum atomic E-state index is 6.03. The third-order valence-corrected chi connectivity index (χ3v) is 3.58. The molecule has 1 aliphatic rings. The molecule has 0 atom stereocenters. The van der Waals surface area contributed by atoms with E-state index >= 15 is 0 Å². The van der Waals surface area contributed by atoms with E-state index in [0.29, 0.717) is 11.9 Å². The molecule has 2 heterocycles. The second-order valence-electron chi connectivity index (χ2n) is 5.48. The summed E-state index contributed by atoms with van der Waals surface area (Å²) in [7, 11) is 6.14. The van der Waals surface area contributed by atoms with Gasteiger partial charge in [0.25, 0.3) is 0 Å². The maximum Gasteiger partial charge on any atom is 0.231 e. The molecule has 1 aromatic heterocycles. The molecule has 0 bridgehead atoms. The van der Waals surface area contributed by atoms with Crippen LogP contribution in [-0.2, 0) is 0 Å². The summed E-state index contributed by atoms with van der Waals surface area (Å²) in [6.07, 6.45) is 3.44. The Bertz CT molecular complexity index is 433. The zero-order valence-electron chi connectivity index (χ0n) is 12.5. The van der Waals surface area contributed by atoms with Gasteiger partial charge in [-0.05, 0) is 51.5 Å². The Morgan fingerprint density at radius 2 is 1.75 bits per heavy atom.